The number of hydrogen-bond acceptors (Lipinski definition) is 4. The minimum Gasteiger partial charge on any atom is -0.467 e. The fourth-order valence-electron chi connectivity index (χ4n) is 2.68. The summed E-state index contributed by atoms with van der Waals surface area (Å²) in [4.78, 5) is 11.5. The molecule has 0 aromatic heterocycles. The molecule has 2 saturated heterocycles. The average Bonchev–Trinajstić information content (AvgIpc) is 2.90. The smallest absolute Gasteiger partial charge is 0.340 e. The van der Waals surface area contributed by atoms with E-state index in [1.165, 1.54) is 7.11 Å². The van der Waals surface area contributed by atoms with E-state index >= 15 is 0 Å². The lowest BCUT2D eigenvalue weighted by Crippen LogP contribution is -2.38. The van der Waals surface area contributed by atoms with E-state index in [4.69, 9.17) is 14.2 Å². The Kier molecular flexibility index (Phi) is 2.75. The summed E-state index contributed by atoms with van der Waals surface area (Å²) in [5.74, 6) is 0.134. The summed E-state index contributed by atoms with van der Waals surface area (Å²) in [5.41, 5.74) is -0.821. The van der Waals surface area contributed by atoms with Crippen molar-refractivity contribution in [2.75, 3.05) is 13.7 Å². The number of epoxide rings is 1. The highest BCUT2D eigenvalue weighted by Gasteiger charge is 2.63. The van der Waals surface area contributed by atoms with Crippen LogP contribution in [0.4, 0.5) is 0 Å². The average molecular weight is 228 g/mol. The predicted octanol–water partition coefficient (Wildman–Crippen LogP) is 1.52. The van der Waals surface area contributed by atoms with E-state index in [1.54, 1.807) is 0 Å². The van der Waals surface area contributed by atoms with Crippen LogP contribution >= 0.6 is 0 Å². The zero-order chi connectivity index (χ0) is 12.0. The van der Waals surface area contributed by atoms with Gasteiger partial charge in [0.15, 0.2) is 5.60 Å². The van der Waals surface area contributed by atoms with E-state index < -0.39 is 5.60 Å². The van der Waals surface area contributed by atoms with Crippen LogP contribution in [0.1, 0.15) is 33.6 Å². The van der Waals surface area contributed by atoms with Gasteiger partial charge in [-0.2, -0.15) is 0 Å². The van der Waals surface area contributed by atoms with Crippen LogP contribution in [0.25, 0.3) is 0 Å². The Hall–Kier alpha value is -0.610. The topological polar surface area (TPSA) is 48.1 Å². The molecule has 2 heterocycles. The molecule has 0 aromatic rings. The Balaban J connectivity index is 1.99. The van der Waals surface area contributed by atoms with Crippen molar-refractivity contribution in [3.63, 3.8) is 0 Å². The second kappa shape index (κ2) is 3.70. The van der Waals surface area contributed by atoms with E-state index in [0.29, 0.717) is 5.92 Å². The van der Waals surface area contributed by atoms with Crippen LogP contribution in [-0.2, 0) is 19.0 Å². The van der Waals surface area contributed by atoms with Gasteiger partial charge in [0.2, 0.25) is 0 Å². The number of carbonyl (C=O) groups excluding carboxylic acids is 1. The van der Waals surface area contributed by atoms with Gasteiger partial charge in [-0.25, -0.2) is 4.79 Å². The molecule has 2 fully saturated rings. The fourth-order valence-corrected chi connectivity index (χ4v) is 2.68. The van der Waals surface area contributed by atoms with Crippen LogP contribution in [-0.4, -0.2) is 37.0 Å². The lowest BCUT2D eigenvalue weighted by atomic mass is 9.83. The van der Waals surface area contributed by atoms with Crippen LogP contribution in [0.5, 0.6) is 0 Å². The Morgan fingerprint density at radius 1 is 1.38 bits per heavy atom. The van der Waals surface area contributed by atoms with Crippen LogP contribution in [0.3, 0.4) is 0 Å². The second-order valence-electron chi connectivity index (χ2n) is 5.50. The van der Waals surface area contributed by atoms with E-state index in [2.05, 4.69) is 13.8 Å². The minimum atomic E-state index is -0.715. The van der Waals surface area contributed by atoms with Crippen molar-refractivity contribution in [2.45, 2.75) is 50.9 Å². The number of esters is 1. The summed E-state index contributed by atoms with van der Waals surface area (Å²) in [6.45, 7) is 6.72. The molecule has 2 rings (SSSR count). The molecule has 0 N–H and O–H groups in total. The Labute approximate surface area is 96.2 Å². The molecule has 0 aliphatic carbocycles. The summed E-state index contributed by atoms with van der Waals surface area (Å²) in [6.07, 6.45) is 1.90. The Morgan fingerprint density at radius 2 is 2.06 bits per heavy atom. The molecule has 0 amide bonds. The van der Waals surface area contributed by atoms with Crippen LogP contribution in [0.15, 0.2) is 0 Å². The van der Waals surface area contributed by atoms with Gasteiger partial charge in [0.1, 0.15) is 6.10 Å². The first-order chi connectivity index (χ1) is 7.39. The van der Waals surface area contributed by atoms with Crippen molar-refractivity contribution in [3.05, 3.63) is 0 Å². The standard InChI is InChI=1S/C12H20O4/c1-11(2)7-8(5-6-15-11)9-12(3,16-9)10(13)14-4/h8-9H,5-7H2,1-4H3. The van der Waals surface area contributed by atoms with Crippen molar-refractivity contribution in [1.29, 1.82) is 0 Å². The summed E-state index contributed by atoms with van der Waals surface area (Å²) in [5, 5.41) is 0. The summed E-state index contributed by atoms with van der Waals surface area (Å²) in [7, 11) is 1.40. The maximum atomic E-state index is 11.5. The van der Waals surface area contributed by atoms with E-state index in [9.17, 15) is 4.79 Å². The van der Waals surface area contributed by atoms with Gasteiger partial charge in [-0.15, -0.1) is 0 Å². The summed E-state index contributed by atoms with van der Waals surface area (Å²) < 4.78 is 16.0. The second-order valence-corrected chi connectivity index (χ2v) is 5.50. The molecule has 0 saturated carbocycles. The van der Waals surface area contributed by atoms with Gasteiger partial charge < -0.3 is 14.2 Å². The molecule has 3 unspecified atom stereocenters. The predicted molar refractivity (Wildman–Crippen MR) is 58.0 cm³/mol. The zero-order valence-corrected chi connectivity index (χ0v) is 10.4. The summed E-state index contributed by atoms with van der Waals surface area (Å²) >= 11 is 0. The van der Waals surface area contributed by atoms with Gasteiger partial charge in [0.05, 0.1) is 12.7 Å². The fraction of sp³-hybridized carbons (Fsp3) is 0.917. The first-order valence-electron chi connectivity index (χ1n) is 5.79. The SMILES string of the molecule is COC(=O)C1(C)OC1C1CCOC(C)(C)C1. The van der Waals surface area contributed by atoms with Crippen molar-refractivity contribution in [3.8, 4) is 0 Å². The van der Waals surface area contributed by atoms with Gasteiger partial charge >= 0.3 is 5.97 Å². The van der Waals surface area contributed by atoms with Crippen molar-refractivity contribution < 1.29 is 19.0 Å². The van der Waals surface area contributed by atoms with Gasteiger partial charge in [-0.05, 0) is 39.5 Å². The highest BCUT2D eigenvalue weighted by molar-refractivity contribution is 5.82. The number of hydrogen-bond donors (Lipinski definition) is 0. The summed E-state index contributed by atoms with van der Waals surface area (Å²) in [6, 6.07) is 0. The molecule has 92 valence electrons. The molecule has 4 nitrogen and oxygen atoms in total. The third kappa shape index (κ3) is 1.96. The Morgan fingerprint density at radius 3 is 2.62 bits per heavy atom. The Bertz CT molecular complexity index is 299. The molecule has 0 radical (unpaired) electrons. The molecule has 0 aromatic carbocycles. The van der Waals surface area contributed by atoms with Crippen LogP contribution < -0.4 is 0 Å². The quantitative estimate of drug-likeness (QED) is 0.531. The third-order valence-electron chi connectivity index (χ3n) is 3.61. The number of rotatable bonds is 2. The first-order valence-corrected chi connectivity index (χ1v) is 5.79. The maximum absolute atomic E-state index is 11.5. The largest absolute Gasteiger partial charge is 0.467 e. The molecule has 2 aliphatic heterocycles. The minimum absolute atomic E-state index is 0.00289. The van der Waals surface area contributed by atoms with Crippen molar-refractivity contribution >= 4 is 5.97 Å². The van der Waals surface area contributed by atoms with E-state index in [-0.39, 0.29) is 17.7 Å². The van der Waals surface area contributed by atoms with Gasteiger partial charge in [0, 0.05) is 6.61 Å². The van der Waals surface area contributed by atoms with Crippen molar-refractivity contribution in [1.82, 2.24) is 0 Å². The highest BCUT2D eigenvalue weighted by atomic mass is 16.7. The molecule has 2 aliphatic rings. The first kappa shape index (κ1) is 11.9. The molecule has 0 bridgehead atoms. The molecule has 3 atom stereocenters. The molecular formula is C12H20O4. The highest BCUT2D eigenvalue weighted by Crippen LogP contribution is 2.47. The third-order valence-corrected chi connectivity index (χ3v) is 3.61. The lowest BCUT2D eigenvalue weighted by molar-refractivity contribution is -0.146. The van der Waals surface area contributed by atoms with E-state index in [0.717, 1.165) is 19.4 Å². The van der Waals surface area contributed by atoms with Gasteiger partial charge in [-0.3, -0.25) is 0 Å². The normalized spacial score (nSPS) is 41.5. The lowest BCUT2D eigenvalue weighted by Gasteiger charge is -2.35. The molecule has 16 heavy (non-hydrogen) atoms. The van der Waals surface area contributed by atoms with Crippen LogP contribution in [0.2, 0.25) is 0 Å². The van der Waals surface area contributed by atoms with Gasteiger partial charge in [-0.1, -0.05) is 0 Å². The molecular weight excluding hydrogens is 208 g/mol. The number of carbonyl (C=O) groups is 1. The van der Waals surface area contributed by atoms with E-state index in [1.807, 2.05) is 6.92 Å². The maximum Gasteiger partial charge on any atom is 0.340 e. The monoisotopic (exact) mass is 228 g/mol. The zero-order valence-electron chi connectivity index (χ0n) is 10.4. The molecule has 4 heteroatoms. The number of methoxy groups -OCH3 is 1. The van der Waals surface area contributed by atoms with Gasteiger partial charge in [0.25, 0.3) is 0 Å². The number of ether oxygens (including phenoxy) is 3. The van der Waals surface area contributed by atoms with Crippen LogP contribution in [0, 0.1) is 5.92 Å². The van der Waals surface area contributed by atoms with Crippen molar-refractivity contribution in [2.24, 2.45) is 5.92 Å². The molecule has 0 spiro atoms.